The Morgan fingerprint density at radius 1 is 0.913 bits per heavy atom. The van der Waals surface area contributed by atoms with Crippen LogP contribution in [0.15, 0.2) is 0 Å². The van der Waals surface area contributed by atoms with Crippen LogP contribution < -0.4 is 0 Å². The number of hydrogen-bond donors (Lipinski definition) is 9. The highest BCUT2D eigenvalue weighted by molar-refractivity contribution is 5.88. The summed E-state index contributed by atoms with van der Waals surface area (Å²) in [7, 11) is 0. The minimum absolute atomic E-state index is 0.792. The van der Waals surface area contributed by atoms with Gasteiger partial charge in [0.15, 0.2) is 5.78 Å². The van der Waals surface area contributed by atoms with Crippen LogP contribution in [0.1, 0.15) is 0 Å². The van der Waals surface area contributed by atoms with Crippen molar-refractivity contribution in [3.05, 3.63) is 0 Å². The van der Waals surface area contributed by atoms with Crippen molar-refractivity contribution in [1.82, 2.24) is 0 Å². The topological polar surface area (TPSA) is 208 Å². The van der Waals surface area contributed by atoms with Crippen LogP contribution in [0.5, 0.6) is 0 Å². The molecule has 0 aliphatic carbocycles. The highest BCUT2D eigenvalue weighted by Crippen LogP contribution is 2.23. The lowest BCUT2D eigenvalue weighted by molar-refractivity contribution is -0.231. The zero-order valence-electron chi connectivity index (χ0n) is 12.0. The van der Waals surface area contributed by atoms with Crippen molar-refractivity contribution < 1.29 is 55.5 Å². The third-order valence-electron chi connectivity index (χ3n) is 3.72. The van der Waals surface area contributed by atoms with Gasteiger partial charge < -0.3 is 50.7 Å². The summed E-state index contributed by atoms with van der Waals surface area (Å²) in [6.07, 6.45) is -17.2. The lowest BCUT2D eigenvalue weighted by atomic mass is 9.89. The van der Waals surface area contributed by atoms with Crippen molar-refractivity contribution >= 4 is 5.78 Å². The second kappa shape index (κ2) is 8.39. The lowest BCUT2D eigenvalue weighted by Crippen LogP contribution is -2.63. The Morgan fingerprint density at radius 3 is 1.96 bits per heavy atom. The molecular formula is C12H22O11. The van der Waals surface area contributed by atoms with E-state index in [-0.39, 0.29) is 0 Å². The molecule has 1 aliphatic heterocycles. The second-order valence-electron chi connectivity index (χ2n) is 5.33. The molecule has 11 nitrogen and oxygen atoms in total. The molecule has 1 heterocycles. The van der Waals surface area contributed by atoms with Crippen LogP contribution in [-0.4, -0.2) is 120 Å². The molecule has 9 atom stereocenters. The predicted molar refractivity (Wildman–Crippen MR) is 69.9 cm³/mol. The summed E-state index contributed by atoms with van der Waals surface area (Å²) in [4.78, 5) is 12.1. The molecule has 0 bridgehead atoms. The first-order valence-electron chi connectivity index (χ1n) is 6.84. The molecule has 0 aromatic heterocycles. The van der Waals surface area contributed by atoms with E-state index in [1.54, 1.807) is 0 Å². The van der Waals surface area contributed by atoms with Gasteiger partial charge in [0.2, 0.25) is 0 Å². The molecule has 0 amide bonds. The van der Waals surface area contributed by atoms with Gasteiger partial charge in [-0.05, 0) is 0 Å². The molecular weight excluding hydrogens is 320 g/mol. The minimum atomic E-state index is -2.33. The Balaban J connectivity index is 2.85. The number of rotatable bonds is 7. The van der Waals surface area contributed by atoms with E-state index in [1.807, 2.05) is 0 Å². The van der Waals surface area contributed by atoms with Gasteiger partial charge in [0, 0.05) is 0 Å². The van der Waals surface area contributed by atoms with Gasteiger partial charge >= 0.3 is 0 Å². The molecule has 11 heteroatoms. The number of hydrogen-bond acceptors (Lipinski definition) is 11. The fourth-order valence-electron chi connectivity index (χ4n) is 2.20. The molecule has 1 aliphatic rings. The summed E-state index contributed by atoms with van der Waals surface area (Å²) < 4.78 is 4.91. The second-order valence-corrected chi connectivity index (χ2v) is 5.33. The SMILES string of the molecule is O=C(C1O[C@H](CO)[C@H](O)[C@H](O)[C@H]1O)[C@@H](O)[C@@H](O)[C@H](O)[C@H](O)CO. The summed E-state index contributed by atoms with van der Waals surface area (Å²) in [6, 6.07) is 0. The first-order valence-corrected chi connectivity index (χ1v) is 6.84. The normalized spacial score (nSPS) is 37.0. The average Bonchev–Trinajstić information content (AvgIpc) is 2.56. The Kier molecular flexibility index (Phi) is 7.41. The van der Waals surface area contributed by atoms with E-state index in [0.29, 0.717) is 0 Å². The number of carbonyl (C=O) groups is 1. The molecule has 1 unspecified atom stereocenters. The first-order chi connectivity index (χ1) is 10.7. The van der Waals surface area contributed by atoms with E-state index in [9.17, 15) is 40.5 Å². The van der Waals surface area contributed by atoms with Crippen LogP contribution in [0.25, 0.3) is 0 Å². The maximum absolute atomic E-state index is 12.1. The number of ketones is 1. The van der Waals surface area contributed by atoms with Gasteiger partial charge in [-0.3, -0.25) is 4.79 Å². The number of carbonyl (C=O) groups excluding carboxylic acids is 1. The van der Waals surface area contributed by atoms with E-state index >= 15 is 0 Å². The lowest BCUT2D eigenvalue weighted by Gasteiger charge is -2.40. The van der Waals surface area contributed by atoms with E-state index in [2.05, 4.69) is 0 Å². The number of aliphatic hydroxyl groups is 9. The Bertz CT molecular complexity index is 389. The van der Waals surface area contributed by atoms with Gasteiger partial charge in [0.25, 0.3) is 0 Å². The Labute approximate surface area is 130 Å². The van der Waals surface area contributed by atoms with Crippen molar-refractivity contribution in [1.29, 1.82) is 0 Å². The van der Waals surface area contributed by atoms with Gasteiger partial charge in [-0.25, -0.2) is 0 Å². The van der Waals surface area contributed by atoms with Crippen molar-refractivity contribution in [2.24, 2.45) is 0 Å². The van der Waals surface area contributed by atoms with Crippen molar-refractivity contribution in [2.45, 2.75) is 54.9 Å². The molecule has 1 rings (SSSR count). The van der Waals surface area contributed by atoms with Gasteiger partial charge in [-0.15, -0.1) is 0 Å². The highest BCUT2D eigenvalue weighted by atomic mass is 16.5. The van der Waals surface area contributed by atoms with Crippen molar-refractivity contribution in [3.63, 3.8) is 0 Å². The largest absolute Gasteiger partial charge is 0.394 e. The summed E-state index contributed by atoms with van der Waals surface area (Å²) in [5.74, 6) is -1.35. The third kappa shape index (κ3) is 4.22. The molecule has 0 aromatic rings. The van der Waals surface area contributed by atoms with Crippen LogP contribution in [-0.2, 0) is 9.53 Å². The maximum Gasteiger partial charge on any atom is 0.195 e. The number of aliphatic hydroxyl groups excluding tert-OH is 9. The summed E-state index contributed by atoms with van der Waals surface area (Å²) in [6.45, 7) is -1.74. The first kappa shape index (κ1) is 20.3. The van der Waals surface area contributed by atoms with E-state index < -0.39 is 73.9 Å². The quantitative estimate of drug-likeness (QED) is 0.212. The molecule has 9 N–H and O–H groups in total. The van der Waals surface area contributed by atoms with Crippen LogP contribution in [0.3, 0.4) is 0 Å². The summed E-state index contributed by atoms with van der Waals surface area (Å²) >= 11 is 0. The Hall–Kier alpha value is -0.730. The Morgan fingerprint density at radius 2 is 1.48 bits per heavy atom. The highest BCUT2D eigenvalue weighted by Gasteiger charge is 2.49. The van der Waals surface area contributed by atoms with Crippen LogP contribution in [0.4, 0.5) is 0 Å². The molecule has 1 saturated heterocycles. The molecule has 136 valence electrons. The standard InChI is InChI=1S/C12H22O11/c13-1-3(15)5(16)7(18)9(20)11(22)12-10(21)8(19)6(17)4(2-14)23-12/h3-10,12-21H,1-2H2/t3-,4-,5-,6+,7+,8+,9+,10-,12?/m1/s1. The zero-order chi connectivity index (χ0) is 17.9. The summed E-state index contributed by atoms with van der Waals surface area (Å²) in [5, 5.41) is 84.5. The zero-order valence-corrected chi connectivity index (χ0v) is 12.0. The fourth-order valence-corrected chi connectivity index (χ4v) is 2.20. The smallest absolute Gasteiger partial charge is 0.195 e. The third-order valence-corrected chi connectivity index (χ3v) is 3.72. The molecule has 1 fully saturated rings. The summed E-state index contributed by atoms with van der Waals surface area (Å²) in [5.41, 5.74) is 0. The monoisotopic (exact) mass is 342 g/mol. The maximum atomic E-state index is 12.1. The van der Waals surface area contributed by atoms with Gasteiger partial charge in [-0.2, -0.15) is 0 Å². The van der Waals surface area contributed by atoms with Crippen molar-refractivity contribution in [3.8, 4) is 0 Å². The van der Waals surface area contributed by atoms with Gasteiger partial charge in [0.1, 0.15) is 54.9 Å². The molecule has 23 heavy (non-hydrogen) atoms. The fraction of sp³-hybridized carbons (Fsp3) is 0.917. The average molecular weight is 342 g/mol. The van der Waals surface area contributed by atoms with E-state index in [4.69, 9.17) is 14.9 Å². The van der Waals surface area contributed by atoms with Crippen LogP contribution >= 0.6 is 0 Å². The molecule has 0 radical (unpaired) electrons. The van der Waals surface area contributed by atoms with Gasteiger partial charge in [0.05, 0.1) is 13.2 Å². The number of ether oxygens (including phenoxy) is 1. The van der Waals surface area contributed by atoms with E-state index in [0.717, 1.165) is 0 Å². The minimum Gasteiger partial charge on any atom is -0.394 e. The van der Waals surface area contributed by atoms with E-state index in [1.165, 1.54) is 0 Å². The molecule has 0 saturated carbocycles. The predicted octanol–water partition coefficient (Wildman–Crippen LogP) is -6.17. The number of Topliss-reactive ketones (excluding diaryl/α,β-unsaturated/α-hetero) is 1. The van der Waals surface area contributed by atoms with Gasteiger partial charge in [-0.1, -0.05) is 0 Å². The molecule has 0 spiro atoms. The van der Waals surface area contributed by atoms with Crippen molar-refractivity contribution in [2.75, 3.05) is 13.2 Å². The van der Waals surface area contributed by atoms with Crippen LogP contribution in [0, 0.1) is 0 Å². The molecule has 0 aromatic carbocycles. The van der Waals surface area contributed by atoms with Crippen LogP contribution in [0.2, 0.25) is 0 Å².